The summed E-state index contributed by atoms with van der Waals surface area (Å²) in [4.78, 5) is 0. The molecule has 0 radical (unpaired) electrons. The van der Waals surface area contributed by atoms with Crippen LogP contribution in [-0.2, 0) is 18.0 Å². The summed E-state index contributed by atoms with van der Waals surface area (Å²) in [5.74, 6) is 1.29. The molecule has 142 valence electrons. The topological polar surface area (TPSA) is 9.23 Å². The predicted molar refractivity (Wildman–Crippen MR) is 116 cm³/mol. The van der Waals surface area contributed by atoms with Gasteiger partial charge in [0.25, 0.3) is 0 Å². The highest BCUT2D eigenvalue weighted by Gasteiger charge is 2.00. The monoisotopic (exact) mass is 360 g/mol. The first-order valence-electron chi connectivity index (χ1n) is 9.81. The van der Waals surface area contributed by atoms with Gasteiger partial charge in [-0.25, -0.2) is 0 Å². The van der Waals surface area contributed by atoms with Gasteiger partial charge in [0.05, 0.1) is 13.2 Å². The van der Waals surface area contributed by atoms with E-state index in [1.54, 1.807) is 0 Å². The molecule has 0 saturated carbocycles. The highest BCUT2D eigenvalue weighted by molar-refractivity contribution is 5.26. The molecule has 3 aromatic rings. The summed E-state index contributed by atoms with van der Waals surface area (Å²) < 4.78 is 5.61. The van der Waals surface area contributed by atoms with Crippen LogP contribution in [0.3, 0.4) is 0 Å². The quantitative estimate of drug-likeness (QED) is 0.447. The van der Waals surface area contributed by atoms with Crippen molar-refractivity contribution in [1.82, 2.24) is 0 Å². The Balaban J connectivity index is 0.000000199. The average Bonchev–Trinajstić information content (AvgIpc) is 2.70. The highest BCUT2D eigenvalue weighted by Crippen LogP contribution is 2.19. The van der Waals surface area contributed by atoms with Gasteiger partial charge in [0.2, 0.25) is 0 Å². The Bertz CT molecular complexity index is 677. The normalized spacial score (nSPS) is 10.6. The van der Waals surface area contributed by atoms with Crippen LogP contribution in [0.15, 0.2) is 84.9 Å². The van der Waals surface area contributed by atoms with Gasteiger partial charge in [0, 0.05) is 0 Å². The molecule has 1 nitrogen and oxygen atoms in total. The van der Waals surface area contributed by atoms with Crippen LogP contribution in [0, 0.1) is 0 Å². The van der Waals surface area contributed by atoms with E-state index in [0.29, 0.717) is 25.0 Å². The molecule has 0 heterocycles. The minimum Gasteiger partial charge on any atom is -0.372 e. The smallest absolute Gasteiger partial charge is 0.0721 e. The van der Waals surface area contributed by atoms with Crippen molar-refractivity contribution in [1.29, 1.82) is 0 Å². The van der Waals surface area contributed by atoms with Crippen molar-refractivity contribution in [3.8, 4) is 0 Å². The number of ether oxygens (including phenoxy) is 1. The molecule has 0 fully saturated rings. The Kier molecular flexibility index (Phi) is 8.80. The first-order valence-corrected chi connectivity index (χ1v) is 9.81. The molecule has 1 heteroatoms. The van der Waals surface area contributed by atoms with Crippen LogP contribution in [0.1, 0.15) is 61.8 Å². The van der Waals surface area contributed by atoms with Crippen LogP contribution in [0.4, 0.5) is 0 Å². The lowest BCUT2D eigenvalue weighted by atomic mass is 9.97. The standard InChI is InChI=1S/C14H14O.C12H18/c1-3-7-13(8-4-1)11-15-12-14-9-5-2-6-10-14;1-9(2)11-5-7-12(8-6-11)10(3)4/h1-10H,11-12H2;5-10H,1-4H3. The molecule has 0 aliphatic rings. The Labute approximate surface area is 165 Å². The van der Waals surface area contributed by atoms with E-state index < -0.39 is 0 Å². The van der Waals surface area contributed by atoms with E-state index in [0.717, 1.165) is 0 Å². The van der Waals surface area contributed by atoms with Crippen LogP contribution in [0.25, 0.3) is 0 Å². The fourth-order valence-electron chi connectivity index (χ4n) is 2.70. The Hall–Kier alpha value is -2.38. The van der Waals surface area contributed by atoms with Gasteiger partial charge in [-0.05, 0) is 34.1 Å². The first kappa shape index (κ1) is 20.9. The van der Waals surface area contributed by atoms with Crippen LogP contribution in [0.5, 0.6) is 0 Å². The maximum atomic E-state index is 5.61. The SMILES string of the molecule is CC(C)c1ccc(C(C)C)cc1.c1ccc(COCc2ccccc2)cc1. The largest absolute Gasteiger partial charge is 0.372 e. The minimum absolute atomic E-state index is 0.645. The van der Waals surface area contributed by atoms with Gasteiger partial charge >= 0.3 is 0 Å². The highest BCUT2D eigenvalue weighted by atomic mass is 16.5. The summed E-state index contributed by atoms with van der Waals surface area (Å²) in [7, 11) is 0. The summed E-state index contributed by atoms with van der Waals surface area (Å²) in [6.07, 6.45) is 0. The van der Waals surface area contributed by atoms with E-state index in [9.17, 15) is 0 Å². The van der Waals surface area contributed by atoms with Crippen molar-refractivity contribution in [3.63, 3.8) is 0 Å². The molecule has 0 unspecified atom stereocenters. The zero-order valence-electron chi connectivity index (χ0n) is 17.1. The van der Waals surface area contributed by atoms with E-state index in [2.05, 4.69) is 76.2 Å². The lowest BCUT2D eigenvalue weighted by molar-refractivity contribution is 0.107. The summed E-state index contributed by atoms with van der Waals surface area (Å²) >= 11 is 0. The fourth-order valence-corrected chi connectivity index (χ4v) is 2.70. The number of rotatable bonds is 6. The first-order chi connectivity index (χ1) is 13.1. The van der Waals surface area contributed by atoms with E-state index in [-0.39, 0.29) is 0 Å². The van der Waals surface area contributed by atoms with Gasteiger partial charge in [-0.15, -0.1) is 0 Å². The molecule has 0 aliphatic heterocycles. The summed E-state index contributed by atoms with van der Waals surface area (Å²) in [5, 5.41) is 0. The molecule has 0 atom stereocenters. The molecule has 0 spiro atoms. The minimum atomic E-state index is 0.645. The molecule has 0 aromatic heterocycles. The molecule has 0 saturated heterocycles. The zero-order chi connectivity index (χ0) is 19.5. The van der Waals surface area contributed by atoms with Gasteiger partial charge in [0.15, 0.2) is 0 Å². The third kappa shape index (κ3) is 7.80. The van der Waals surface area contributed by atoms with Crippen LogP contribution in [-0.4, -0.2) is 0 Å². The lowest BCUT2D eigenvalue weighted by Crippen LogP contribution is -1.93. The molecule has 3 aromatic carbocycles. The second kappa shape index (κ2) is 11.4. The maximum absolute atomic E-state index is 5.61. The average molecular weight is 361 g/mol. The number of hydrogen-bond acceptors (Lipinski definition) is 1. The van der Waals surface area contributed by atoms with Crippen molar-refractivity contribution in [2.45, 2.75) is 52.7 Å². The molecule has 3 rings (SSSR count). The lowest BCUT2D eigenvalue weighted by Gasteiger charge is -2.08. The Morgan fingerprint density at radius 3 is 1.15 bits per heavy atom. The second-order valence-electron chi connectivity index (χ2n) is 7.44. The van der Waals surface area contributed by atoms with E-state index in [1.165, 1.54) is 22.3 Å². The van der Waals surface area contributed by atoms with Crippen molar-refractivity contribution in [3.05, 3.63) is 107 Å². The van der Waals surface area contributed by atoms with Gasteiger partial charge < -0.3 is 4.74 Å². The van der Waals surface area contributed by atoms with Crippen molar-refractivity contribution >= 4 is 0 Å². The van der Waals surface area contributed by atoms with Gasteiger partial charge in [-0.2, -0.15) is 0 Å². The molecular formula is C26H32O. The molecular weight excluding hydrogens is 328 g/mol. The number of hydrogen-bond donors (Lipinski definition) is 0. The molecule has 0 aliphatic carbocycles. The molecule has 0 N–H and O–H groups in total. The molecule has 27 heavy (non-hydrogen) atoms. The van der Waals surface area contributed by atoms with Gasteiger partial charge in [-0.3, -0.25) is 0 Å². The summed E-state index contributed by atoms with van der Waals surface area (Å²) in [6.45, 7) is 10.3. The maximum Gasteiger partial charge on any atom is 0.0721 e. The van der Waals surface area contributed by atoms with Gasteiger partial charge in [-0.1, -0.05) is 113 Å². The van der Waals surface area contributed by atoms with Gasteiger partial charge in [0.1, 0.15) is 0 Å². The van der Waals surface area contributed by atoms with E-state index in [1.807, 2.05) is 36.4 Å². The summed E-state index contributed by atoms with van der Waals surface area (Å²) in [6, 6.07) is 29.4. The van der Waals surface area contributed by atoms with E-state index >= 15 is 0 Å². The zero-order valence-corrected chi connectivity index (χ0v) is 17.1. The predicted octanol–water partition coefficient (Wildman–Crippen LogP) is 7.34. The number of benzene rings is 3. The third-order valence-corrected chi connectivity index (χ3v) is 4.49. The summed E-state index contributed by atoms with van der Waals surface area (Å²) in [5.41, 5.74) is 5.29. The van der Waals surface area contributed by atoms with Crippen LogP contribution < -0.4 is 0 Å². The second-order valence-corrected chi connectivity index (χ2v) is 7.44. The van der Waals surface area contributed by atoms with E-state index in [4.69, 9.17) is 4.74 Å². The van der Waals surface area contributed by atoms with Crippen LogP contribution in [0.2, 0.25) is 0 Å². The van der Waals surface area contributed by atoms with Crippen LogP contribution >= 0.6 is 0 Å². The molecule has 0 bridgehead atoms. The fraction of sp³-hybridized carbons (Fsp3) is 0.308. The molecule has 0 amide bonds. The Morgan fingerprint density at radius 1 is 0.519 bits per heavy atom. The van der Waals surface area contributed by atoms with Crippen molar-refractivity contribution in [2.24, 2.45) is 0 Å². The third-order valence-electron chi connectivity index (χ3n) is 4.49. The van der Waals surface area contributed by atoms with Crippen molar-refractivity contribution < 1.29 is 4.74 Å². The van der Waals surface area contributed by atoms with Crippen molar-refractivity contribution in [2.75, 3.05) is 0 Å². The Morgan fingerprint density at radius 2 is 0.852 bits per heavy atom.